The Balaban J connectivity index is 1.53. The van der Waals surface area contributed by atoms with Crippen molar-refractivity contribution in [1.82, 2.24) is 10.2 Å². The molecule has 1 fully saturated rings. The summed E-state index contributed by atoms with van der Waals surface area (Å²) in [5.74, 6) is 0.859. The molecule has 3 rings (SSSR count). The van der Waals surface area contributed by atoms with Crippen LogP contribution >= 0.6 is 0 Å². The van der Waals surface area contributed by atoms with Crippen molar-refractivity contribution in [1.29, 1.82) is 0 Å². The van der Waals surface area contributed by atoms with Crippen molar-refractivity contribution < 1.29 is 0 Å². The van der Waals surface area contributed by atoms with Gasteiger partial charge in [0.05, 0.1) is 0 Å². The molecule has 1 aromatic carbocycles. The Morgan fingerprint density at radius 1 is 1.28 bits per heavy atom. The van der Waals surface area contributed by atoms with Gasteiger partial charge in [0.25, 0.3) is 0 Å². The number of hydrogen-bond acceptors (Lipinski definition) is 2. The van der Waals surface area contributed by atoms with Crippen molar-refractivity contribution in [3.63, 3.8) is 0 Å². The lowest BCUT2D eigenvalue weighted by Gasteiger charge is -2.18. The van der Waals surface area contributed by atoms with Crippen LogP contribution < -0.4 is 5.32 Å². The van der Waals surface area contributed by atoms with Gasteiger partial charge in [0.1, 0.15) is 0 Å². The van der Waals surface area contributed by atoms with Gasteiger partial charge in [-0.05, 0) is 55.9 Å². The number of fused-ring (bicyclic) bond motifs is 1. The molecule has 0 spiro atoms. The van der Waals surface area contributed by atoms with Gasteiger partial charge in [-0.1, -0.05) is 31.2 Å². The molecule has 1 aromatic rings. The van der Waals surface area contributed by atoms with E-state index in [0.717, 1.165) is 5.92 Å². The molecule has 0 aromatic heterocycles. The number of nitrogens with zero attached hydrogens (tertiary/aromatic N) is 1. The van der Waals surface area contributed by atoms with Crippen LogP contribution in [0.15, 0.2) is 24.3 Å². The summed E-state index contributed by atoms with van der Waals surface area (Å²) in [6, 6.07) is 9.53. The zero-order valence-corrected chi connectivity index (χ0v) is 11.4. The second-order valence-electron chi connectivity index (χ2n) is 5.75. The first-order valence-corrected chi connectivity index (χ1v) is 7.40. The summed E-state index contributed by atoms with van der Waals surface area (Å²) >= 11 is 0. The van der Waals surface area contributed by atoms with Gasteiger partial charge >= 0.3 is 0 Å². The lowest BCUT2D eigenvalue weighted by Crippen LogP contribution is -2.28. The second kappa shape index (κ2) is 5.41. The van der Waals surface area contributed by atoms with Gasteiger partial charge in [-0.3, -0.25) is 0 Å². The van der Waals surface area contributed by atoms with E-state index in [1.807, 2.05) is 0 Å². The summed E-state index contributed by atoms with van der Waals surface area (Å²) in [4.78, 5) is 2.56. The first kappa shape index (κ1) is 12.2. The SMILES string of the molecule is CCN1CCC(CNC2CCc3ccccc32)C1. The average molecular weight is 244 g/mol. The van der Waals surface area contributed by atoms with Crippen LogP contribution in [0, 0.1) is 5.92 Å². The van der Waals surface area contributed by atoms with Crippen LogP contribution in [0.25, 0.3) is 0 Å². The molecule has 2 aliphatic rings. The summed E-state index contributed by atoms with van der Waals surface area (Å²) < 4.78 is 0. The van der Waals surface area contributed by atoms with Crippen LogP contribution in [0.3, 0.4) is 0 Å². The highest BCUT2D eigenvalue weighted by atomic mass is 15.1. The number of hydrogen-bond donors (Lipinski definition) is 1. The molecule has 1 N–H and O–H groups in total. The molecule has 18 heavy (non-hydrogen) atoms. The van der Waals surface area contributed by atoms with E-state index in [9.17, 15) is 0 Å². The molecule has 2 unspecified atom stereocenters. The van der Waals surface area contributed by atoms with Crippen molar-refractivity contribution in [2.45, 2.75) is 32.2 Å². The lowest BCUT2D eigenvalue weighted by molar-refractivity contribution is 0.335. The maximum absolute atomic E-state index is 3.80. The third kappa shape index (κ3) is 2.45. The number of benzene rings is 1. The molecule has 2 atom stereocenters. The highest BCUT2D eigenvalue weighted by Crippen LogP contribution is 2.31. The minimum Gasteiger partial charge on any atom is -0.310 e. The smallest absolute Gasteiger partial charge is 0.0326 e. The number of aryl methyl sites for hydroxylation is 1. The van der Waals surface area contributed by atoms with Crippen LogP contribution in [0.5, 0.6) is 0 Å². The molecule has 2 heteroatoms. The van der Waals surface area contributed by atoms with Gasteiger partial charge in [0, 0.05) is 12.6 Å². The van der Waals surface area contributed by atoms with Crippen molar-refractivity contribution in [2.75, 3.05) is 26.2 Å². The topological polar surface area (TPSA) is 15.3 Å². The normalized spacial score (nSPS) is 27.6. The van der Waals surface area contributed by atoms with Gasteiger partial charge in [0.2, 0.25) is 0 Å². The molecular formula is C16H24N2. The highest BCUT2D eigenvalue weighted by Gasteiger charge is 2.25. The summed E-state index contributed by atoms with van der Waals surface area (Å²) in [7, 11) is 0. The summed E-state index contributed by atoms with van der Waals surface area (Å²) in [6.45, 7) is 7.25. The molecule has 0 saturated carbocycles. The molecule has 1 aliphatic heterocycles. The van der Waals surface area contributed by atoms with Crippen LogP contribution in [0.2, 0.25) is 0 Å². The van der Waals surface area contributed by atoms with Gasteiger partial charge in [-0.15, -0.1) is 0 Å². The molecule has 0 bridgehead atoms. The summed E-state index contributed by atoms with van der Waals surface area (Å²) in [5, 5.41) is 3.80. The van der Waals surface area contributed by atoms with Gasteiger partial charge in [-0.25, -0.2) is 0 Å². The van der Waals surface area contributed by atoms with Crippen molar-refractivity contribution in [3.8, 4) is 0 Å². The Kier molecular flexibility index (Phi) is 3.67. The van der Waals surface area contributed by atoms with Gasteiger partial charge < -0.3 is 10.2 Å². The van der Waals surface area contributed by atoms with E-state index in [2.05, 4.69) is 41.4 Å². The Morgan fingerprint density at radius 3 is 3.00 bits per heavy atom. The highest BCUT2D eigenvalue weighted by molar-refractivity contribution is 5.34. The van der Waals surface area contributed by atoms with E-state index in [1.54, 1.807) is 11.1 Å². The monoisotopic (exact) mass is 244 g/mol. The molecular weight excluding hydrogens is 220 g/mol. The van der Waals surface area contributed by atoms with Crippen molar-refractivity contribution in [3.05, 3.63) is 35.4 Å². The lowest BCUT2D eigenvalue weighted by atomic mass is 10.1. The van der Waals surface area contributed by atoms with Gasteiger partial charge in [-0.2, -0.15) is 0 Å². The maximum Gasteiger partial charge on any atom is 0.0326 e. The maximum atomic E-state index is 3.80. The zero-order valence-electron chi connectivity index (χ0n) is 11.4. The van der Waals surface area contributed by atoms with E-state index in [4.69, 9.17) is 0 Å². The number of likely N-dealkylation sites (tertiary alicyclic amines) is 1. The predicted octanol–water partition coefficient (Wildman–Crippen LogP) is 2.61. The number of rotatable bonds is 4. The minimum absolute atomic E-state index is 0.608. The Morgan fingerprint density at radius 2 is 2.17 bits per heavy atom. The first-order valence-electron chi connectivity index (χ1n) is 7.40. The quantitative estimate of drug-likeness (QED) is 0.876. The summed E-state index contributed by atoms with van der Waals surface area (Å²) in [6.07, 6.45) is 3.90. The molecule has 1 heterocycles. The van der Waals surface area contributed by atoms with Crippen LogP contribution in [-0.4, -0.2) is 31.1 Å². The average Bonchev–Trinajstić information content (AvgIpc) is 3.03. The van der Waals surface area contributed by atoms with E-state index in [0.29, 0.717) is 6.04 Å². The molecule has 2 nitrogen and oxygen atoms in total. The Bertz CT molecular complexity index is 402. The predicted molar refractivity (Wildman–Crippen MR) is 75.7 cm³/mol. The molecule has 1 saturated heterocycles. The third-order valence-electron chi connectivity index (χ3n) is 4.60. The first-order chi connectivity index (χ1) is 8.86. The van der Waals surface area contributed by atoms with Crippen molar-refractivity contribution >= 4 is 0 Å². The third-order valence-corrected chi connectivity index (χ3v) is 4.60. The number of nitrogens with one attached hydrogen (secondary N) is 1. The van der Waals surface area contributed by atoms with E-state index in [1.165, 1.54) is 45.4 Å². The standard InChI is InChI=1S/C16H24N2/c1-2-18-10-9-13(12-18)11-17-16-8-7-14-5-3-4-6-15(14)16/h3-6,13,16-17H,2,7-12H2,1H3. The van der Waals surface area contributed by atoms with Gasteiger partial charge in [0.15, 0.2) is 0 Å². The second-order valence-corrected chi connectivity index (χ2v) is 5.75. The Hall–Kier alpha value is -0.860. The van der Waals surface area contributed by atoms with E-state index >= 15 is 0 Å². The van der Waals surface area contributed by atoms with Crippen LogP contribution in [-0.2, 0) is 6.42 Å². The molecule has 98 valence electrons. The van der Waals surface area contributed by atoms with Crippen LogP contribution in [0.4, 0.5) is 0 Å². The van der Waals surface area contributed by atoms with E-state index < -0.39 is 0 Å². The van der Waals surface area contributed by atoms with Crippen molar-refractivity contribution in [2.24, 2.45) is 5.92 Å². The fourth-order valence-electron chi connectivity index (χ4n) is 3.44. The fourth-order valence-corrected chi connectivity index (χ4v) is 3.44. The molecule has 0 radical (unpaired) electrons. The summed E-state index contributed by atoms with van der Waals surface area (Å²) in [5.41, 5.74) is 3.10. The molecule has 0 amide bonds. The van der Waals surface area contributed by atoms with E-state index in [-0.39, 0.29) is 0 Å². The van der Waals surface area contributed by atoms with Crippen LogP contribution in [0.1, 0.15) is 36.9 Å². The largest absolute Gasteiger partial charge is 0.310 e. The minimum atomic E-state index is 0.608. The zero-order chi connectivity index (χ0) is 12.4. The fraction of sp³-hybridized carbons (Fsp3) is 0.625. The Labute approximate surface area is 110 Å². The molecule has 1 aliphatic carbocycles.